The highest BCUT2D eigenvalue weighted by molar-refractivity contribution is 7.15. The van der Waals surface area contributed by atoms with Gasteiger partial charge < -0.3 is 59.8 Å². The Morgan fingerprint density at radius 1 is 0.505 bits per heavy atom. The Morgan fingerprint density at radius 3 is 1.24 bits per heavy atom. The zero-order valence-electron chi connectivity index (χ0n) is 54.8. The summed E-state index contributed by atoms with van der Waals surface area (Å²) in [5.74, 6) is 2.75. The summed E-state index contributed by atoms with van der Waals surface area (Å²) in [6.07, 6.45) is 22.3. The zero-order chi connectivity index (χ0) is 63.8. The Kier molecular flexibility index (Phi) is 21.4. The van der Waals surface area contributed by atoms with Gasteiger partial charge in [-0.05, 0) is 171 Å². The molecule has 15 rings (SSSR count). The van der Waals surface area contributed by atoms with Gasteiger partial charge in [0.1, 0.15) is 62.7 Å². The third-order valence-corrected chi connectivity index (χ3v) is 23.3. The number of hydrogen-bond donors (Lipinski definition) is 3. The first-order valence-electron chi connectivity index (χ1n) is 34.7. The highest BCUT2D eigenvalue weighted by Gasteiger charge is 2.38. The van der Waals surface area contributed by atoms with E-state index in [0.717, 1.165) is 123 Å². The monoisotopic (exact) mass is 1320 g/mol. The minimum atomic E-state index is -0.594. The van der Waals surface area contributed by atoms with Crippen molar-refractivity contribution in [3.8, 4) is 49.0 Å². The van der Waals surface area contributed by atoms with Gasteiger partial charge in [0.05, 0.1) is 36.7 Å². The van der Waals surface area contributed by atoms with Gasteiger partial charge in [-0.1, -0.05) is 19.3 Å². The van der Waals surface area contributed by atoms with E-state index < -0.39 is 11.7 Å². The fraction of sp³-hybridized carbons (Fsp3) is 0.583. The molecule has 0 atom stereocenters. The molecule has 21 heteroatoms. The quantitative estimate of drug-likeness (QED) is 0.0878. The molecule has 93 heavy (non-hydrogen) atoms. The number of likely N-dealkylation sites (tertiary alicyclic amines) is 3. The minimum absolute atomic E-state index is 0.00984. The topological polar surface area (TPSA) is 193 Å². The third kappa shape index (κ3) is 17.0. The van der Waals surface area contributed by atoms with Gasteiger partial charge in [-0.15, -0.1) is 34.0 Å². The molecule has 18 nitrogen and oxygen atoms in total. The van der Waals surface area contributed by atoms with Crippen molar-refractivity contribution in [1.82, 2.24) is 50.1 Å². The maximum Gasteiger partial charge on any atom is 0.408 e. The molecule has 3 aliphatic carbocycles. The predicted molar refractivity (Wildman–Crippen MR) is 368 cm³/mol. The number of ether oxygens (including phenoxy) is 4. The number of thiazole rings is 3. The Morgan fingerprint density at radius 2 is 0.871 bits per heavy atom. The highest BCUT2D eigenvalue weighted by Crippen LogP contribution is 2.39. The number of aromatic nitrogens is 3. The highest BCUT2D eigenvalue weighted by atomic mass is 32.1. The summed E-state index contributed by atoms with van der Waals surface area (Å²) in [5.41, 5.74) is 11.8. The standard InChI is InChI=1S/C28H38N4O4S.C23H30N4O2S.C21H27N3OS/c1-28(2,3)36-27(34)29-17-25(33)32-14-11-23-24(18-32)37-26(30-23)19-7-9-21(10-8-19)35-22-15-20(16-22)31-12-5-4-6-13-31;24-14-22(28)27-11-8-20-21(15-27)30-23(25-20)16-4-6-18(7-5-16)29-19-12-17(13-19)26-9-2-1-3-10-26;1-2-10-24(11-3-1)16-12-18(13-16)25-17-6-4-15(5-7-17)21-23-19-8-9-22-14-20(19)26-21/h7-10,20,22H,4-6,11-18H2,1-3H3,(H,29,34);4-7,17,19H,1-3,8-15,24H2;4-7,16,18,22H,1-3,8-14H2. The molecular formula is C72H95N11O7S3. The second-order valence-corrected chi connectivity index (χ2v) is 31.0. The lowest BCUT2D eigenvalue weighted by atomic mass is 9.86. The molecule has 0 bridgehead atoms. The van der Waals surface area contributed by atoms with Gasteiger partial charge in [0.15, 0.2) is 0 Å². The Bertz CT molecular complexity index is 3420. The van der Waals surface area contributed by atoms with Crippen LogP contribution < -0.4 is 30.6 Å². The second kappa shape index (κ2) is 30.4. The summed E-state index contributed by atoms with van der Waals surface area (Å²) in [4.78, 5) is 66.1. The Labute approximate surface area is 561 Å². The van der Waals surface area contributed by atoms with Crippen LogP contribution in [0.5, 0.6) is 17.2 Å². The van der Waals surface area contributed by atoms with Crippen LogP contribution in [0.2, 0.25) is 0 Å². The van der Waals surface area contributed by atoms with E-state index in [0.29, 0.717) is 57.0 Å². The molecule has 3 saturated heterocycles. The molecule has 3 amide bonds. The molecule has 9 aliphatic rings. The second-order valence-electron chi connectivity index (χ2n) is 27.7. The van der Waals surface area contributed by atoms with E-state index in [9.17, 15) is 14.4 Å². The van der Waals surface area contributed by atoms with Crippen LogP contribution in [0.25, 0.3) is 31.7 Å². The van der Waals surface area contributed by atoms with Crippen molar-refractivity contribution >= 4 is 51.9 Å². The number of fused-ring (bicyclic) bond motifs is 3. The number of carbonyl (C=O) groups excluding carboxylic acids is 3. The van der Waals surface area contributed by atoms with Gasteiger partial charge >= 0.3 is 6.09 Å². The SMILES string of the molecule is CC(C)(C)OC(=O)NCC(=O)N1CCc2nc(-c3ccc(OC4CC(N5CCCCC5)C4)cc3)sc2C1.NCC(=O)N1CCc2nc(-c3ccc(OC4CC(N5CCCCC5)C4)cc3)sc2C1.c1cc(-c2nc3c(s2)CNCC3)ccc1OC1CC(N2CCCCC2)C1. The Hall–Kier alpha value is -6.04. The molecule has 3 saturated carbocycles. The number of hydrogen-bond acceptors (Lipinski definition) is 18. The van der Waals surface area contributed by atoms with E-state index in [2.05, 4.69) is 86.0 Å². The summed E-state index contributed by atoms with van der Waals surface area (Å²) < 4.78 is 23.8. The van der Waals surface area contributed by atoms with Crippen LogP contribution in [0.1, 0.15) is 149 Å². The van der Waals surface area contributed by atoms with Crippen LogP contribution in [-0.4, -0.2) is 171 Å². The van der Waals surface area contributed by atoms with Crippen molar-refractivity contribution in [3.63, 3.8) is 0 Å². The summed E-state index contributed by atoms with van der Waals surface area (Å²) in [6, 6.07) is 27.3. The minimum Gasteiger partial charge on any atom is -0.490 e. The van der Waals surface area contributed by atoms with Crippen molar-refractivity contribution < 1.29 is 33.3 Å². The van der Waals surface area contributed by atoms with E-state index in [1.54, 1.807) is 48.3 Å². The molecule has 9 heterocycles. The van der Waals surface area contributed by atoms with E-state index in [1.807, 2.05) is 28.4 Å². The molecular weight excluding hydrogens is 1230 g/mol. The number of benzene rings is 3. The number of piperidine rings is 3. The van der Waals surface area contributed by atoms with Gasteiger partial charge in [0.2, 0.25) is 11.8 Å². The summed E-state index contributed by atoms with van der Waals surface area (Å²) in [6.45, 7) is 17.5. The van der Waals surface area contributed by atoms with Crippen molar-refractivity contribution in [1.29, 1.82) is 0 Å². The fourth-order valence-corrected chi connectivity index (χ4v) is 17.6. The van der Waals surface area contributed by atoms with Gasteiger partial charge in [-0.25, -0.2) is 19.7 Å². The fourth-order valence-electron chi connectivity index (χ4n) is 14.3. The van der Waals surface area contributed by atoms with E-state index in [4.69, 9.17) is 39.6 Å². The number of rotatable bonds is 15. The Balaban J connectivity index is 0.000000129. The van der Waals surface area contributed by atoms with Crippen LogP contribution in [0.3, 0.4) is 0 Å². The smallest absolute Gasteiger partial charge is 0.408 e. The molecule has 6 aromatic rings. The van der Waals surface area contributed by atoms with Crippen LogP contribution in [0, 0.1) is 0 Å². The van der Waals surface area contributed by atoms with Crippen LogP contribution in [0.15, 0.2) is 72.8 Å². The molecule has 3 aromatic heterocycles. The molecule has 0 unspecified atom stereocenters. The van der Waals surface area contributed by atoms with Gasteiger partial charge in [-0.3, -0.25) is 9.59 Å². The number of amides is 3. The lowest BCUT2D eigenvalue weighted by Gasteiger charge is -2.44. The molecule has 0 spiro atoms. The largest absolute Gasteiger partial charge is 0.490 e. The molecule has 6 fully saturated rings. The van der Waals surface area contributed by atoms with Crippen molar-refractivity contribution in [2.45, 2.75) is 198 Å². The van der Waals surface area contributed by atoms with Crippen molar-refractivity contribution in [3.05, 3.63) is 105 Å². The maximum absolute atomic E-state index is 12.6. The average Bonchev–Trinajstić information content (AvgIpc) is 1.88. The molecule has 3 aromatic carbocycles. The lowest BCUT2D eigenvalue weighted by Crippen LogP contribution is -2.50. The normalized spacial score (nSPS) is 23.9. The first kappa shape index (κ1) is 65.6. The molecule has 0 radical (unpaired) electrons. The average molecular weight is 1320 g/mol. The molecule has 4 N–H and O–H groups in total. The van der Waals surface area contributed by atoms with E-state index in [1.165, 1.54) is 131 Å². The van der Waals surface area contributed by atoms with Gasteiger partial charge in [0, 0.05) is 133 Å². The number of nitrogens with zero attached hydrogens (tertiary/aromatic N) is 8. The van der Waals surface area contributed by atoms with Crippen LogP contribution in [0.4, 0.5) is 4.79 Å². The van der Waals surface area contributed by atoms with Crippen LogP contribution in [-0.2, 0) is 53.2 Å². The number of nitrogens with two attached hydrogens (primary N) is 1. The van der Waals surface area contributed by atoms with Crippen LogP contribution >= 0.6 is 34.0 Å². The summed E-state index contributed by atoms with van der Waals surface area (Å²) >= 11 is 5.13. The van der Waals surface area contributed by atoms with Gasteiger partial charge in [0.25, 0.3) is 0 Å². The summed E-state index contributed by atoms with van der Waals surface area (Å²) in [5, 5.41) is 9.10. The van der Waals surface area contributed by atoms with Crippen molar-refractivity contribution in [2.75, 3.05) is 72.0 Å². The number of carbonyl (C=O) groups is 3. The number of nitrogens with one attached hydrogen (secondary N) is 2. The molecule has 6 aliphatic heterocycles. The predicted octanol–water partition coefficient (Wildman–Crippen LogP) is 11.5. The third-order valence-electron chi connectivity index (χ3n) is 19.9. The van der Waals surface area contributed by atoms with E-state index >= 15 is 0 Å². The maximum atomic E-state index is 12.6. The first-order valence-corrected chi connectivity index (χ1v) is 37.2. The lowest BCUT2D eigenvalue weighted by molar-refractivity contribution is -0.131. The number of alkyl carbamates (subject to hydrolysis) is 1. The first-order chi connectivity index (χ1) is 45.3. The van der Waals surface area contributed by atoms with E-state index in [-0.39, 0.29) is 24.9 Å². The van der Waals surface area contributed by atoms with Gasteiger partial charge in [-0.2, -0.15) is 0 Å². The zero-order valence-corrected chi connectivity index (χ0v) is 57.2. The van der Waals surface area contributed by atoms with Crippen molar-refractivity contribution in [2.24, 2.45) is 5.73 Å². The molecule has 498 valence electrons. The summed E-state index contributed by atoms with van der Waals surface area (Å²) in [7, 11) is 0.